The molecule has 0 bridgehead atoms. The lowest BCUT2D eigenvalue weighted by Crippen LogP contribution is -2.54. The van der Waals surface area contributed by atoms with Crippen molar-refractivity contribution in [1.29, 1.82) is 0 Å². The van der Waals surface area contributed by atoms with Gasteiger partial charge in [-0.25, -0.2) is 0 Å². The van der Waals surface area contributed by atoms with Gasteiger partial charge in [0, 0.05) is 22.7 Å². The Balaban J connectivity index is 2.18. The SMILES string of the molecule is Cc1cc(Br)ccc1N1CC(=O)NC(CCN)C1. The Morgan fingerprint density at radius 1 is 1.56 bits per heavy atom. The second-order valence-corrected chi connectivity index (χ2v) is 5.57. The Labute approximate surface area is 116 Å². The molecule has 0 radical (unpaired) electrons. The summed E-state index contributed by atoms with van der Waals surface area (Å²) >= 11 is 3.45. The molecule has 98 valence electrons. The zero-order valence-electron chi connectivity index (χ0n) is 10.4. The molecule has 1 saturated heterocycles. The summed E-state index contributed by atoms with van der Waals surface area (Å²) in [6, 6.07) is 6.28. The maximum absolute atomic E-state index is 11.7. The molecular weight excluding hydrogens is 294 g/mol. The first-order chi connectivity index (χ1) is 8.60. The molecule has 1 aliphatic rings. The van der Waals surface area contributed by atoms with Gasteiger partial charge in [0.05, 0.1) is 6.54 Å². The first kappa shape index (κ1) is 13.4. The van der Waals surface area contributed by atoms with Crippen LogP contribution in [0.5, 0.6) is 0 Å². The van der Waals surface area contributed by atoms with Crippen LogP contribution < -0.4 is 16.0 Å². The van der Waals surface area contributed by atoms with Gasteiger partial charge in [-0.3, -0.25) is 4.79 Å². The summed E-state index contributed by atoms with van der Waals surface area (Å²) in [4.78, 5) is 13.8. The minimum absolute atomic E-state index is 0.0713. The van der Waals surface area contributed by atoms with Crippen molar-refractivity contribution in [2.24, 2.45) is 5.73 Å². The van der Waals surface area contributed by atoms with Gasteiger partial charge < -0.3 is 16.0 Å². The predicted octanol–water partition coefficient (Wildman–Crippen LogP) is 1.41. The molecule has 0 aromatic heterocycles. The molecule has 1 fully saturated rings. The number of nitrogens with two attached hydrogens (primary N) is 1. The molecule has 1 heterocycles. The Morgan fingerprint density at radius 3 is 3.00 bits per heavy atom. The van der Waals surface area contributed by atoms with Crippen molar-refractivity contribution >= 4 is 27.5 Å². The van der Waals surface area contributed by atoms with Crippen LogP contribution >= 0.6 is 15.9 Å². The number of aryl methyl sites for hydroxylation is 1. The molecule has 2 rings (SSSR count). The van der Waals surface area contributed by atoms with E-state index in [9.17, 15) is 4.79 Å². The van der Waals surface area contributed by atoms with Crippen LogP contribution in [-0.4, -0.2) is 31.6 Å². The Bertz CT molecular complexity index is 450. The number of amides is 1. The molecule has 3 N–H and O–H groups in total. The molecule has 18 heavy (non-hydrogen) atoms. The normalized spacial score (nSPS) is 19.8. The molecule has 1 aromatic carbocycles. The first-order valence-corrected chi connectivity index (χ1v) is 6.90. The largest absolute Gasteiger partial charge is 0.360 e. The van der Waals surface area contributed by atoms with E-state index in [1.54, 1.807) is 0 Å². The number of hydrogen-bond acceptors (Lipinski definition) is 3. The van der Waals surface area contributed by atoms with Gasteiger partial charge in [0.2, 0.25) is 5.91 Å². The summed E-state index contributed by atoms with van der Waals surface area (Å²) in [5.41, 5.74) is 7.85. The van der Waals surface area contributed by atoms with E-state index in [1.165, 1.54) is 5.56 Å². The number of carbonyl (C=O) groups is 1. The van der Waals surface area contributed by atoms with Gasteiger partial charge in [-0.2, -0.15) is 0 Å². The fourth-order valence-electron chi connectivity index (χ4n) is 2.34. The van der Waals surface area contributed by atoms with Crippen molar-refractivity contribution in [3.8, 4) is 0 Å². The third-order valence-corrected chi connectivity index (χ3v) is 3.65. The van der Waals surface area contributed by atoms with E-state index in [2.05, 4.69) is 45.2 Å². The third kappa shape index (κ3) is 3.03. The molecular formula is C13H18BrN3O. The minimum Gasteiger partial charge on any atom is -0.360 e. The minimum atomic E-state index is 0.0713. The molecule has 1 aromatic rings. The van der Waals surface area contributed by atoms with Gasteiger partial charge in [-0.05, 0) is 43.7 Å². The number of nitrogens with one attached hydrogen (secondary N) is 1. The Kier molecular flexibility index (Phi) is 4.24. The zero-order valence-corrected chi connectivity index (χ0v) is 12.0. The van der Waals surface area contributed by atoms with E-state index in [-0.39, 0.29) is 11.9 Å². The fraction of sp³-hybridized carbons (Fsp3) is 0.462. The highest BCUT2D eigenvalue weighted by molar-refractivity contribution is 9.10. The van der Waals surface area contributed by atoms with Crippen molar-refractivity contribution in [3.63, 3.8) is 0 Å². The highest BCUT2D eigenvalue weighted by Gasteiger charge is 2.24. The van der Waals surface area contributed by atoms with Crippen LogP contribution in [0.2, 0.25) is 0 Å². The van der Waals surface area contributed by atoms with Gasteiger partial charge in [0.25, 0.3) is 0 Å². The second kappa shape index (κ2) is 5.71. The quantitative estimate of drug-likeness (QED) is 0.887. The van der Waals surface area contributed by atoms with Gasteiger partial charge in [0.15, 0.2) is 0 Å². The van der Waals surface area contributed by atoms with Crippen LogP contribution in [0.4, 0.5) is 5.69 Å². The van der Waals surface area contributed by atoms with Crippen LogP contribution in [-0.2, 0) is 4.79 Å². The van der Waals surface area contributed by atoms with Crippen LogP contribution in [0.1, 0.15) is 12.0 Å². The van der Waals surface area contributed by atoms with Crippen molar-refractivity contribution < 1.29 is 4.79 Å². The number of anilines is 1. The highest BCUT2D eigenvalue weighted by Crippen LogP contribution is 2.25. The molecule has 1 aliphatic heterocycles. The van der Waals surface area contributed by atoms with Crippen molar-refractivity contribution in [2.45, 2.75) is 19.4 Å². The number of piperazine rings is 1. The molecule has 1 unspecified atom stereocenters. The second-order valence-electron chi connectivity index (χ2n) is 4.65. The van der Waals surface area contributed by atoms with Crippen LogP contribution in [0.15, 0.2) is 22.7 Å². The maximum Gasteiger partial charge on any atom is 0.239 e. The van der Waals surface area contributed by atoms with Crippen LogP contribution in [0.25, 0.3) is 0 Å². The Hall–Kier alpha value is -1.07. The maximum atomic E-state index is 11.7. The van der Waals surface area contributed by atoms with Crippen molar-refractivity contribution in [3.05, 3.63) is 28.2 Å². The lowest BCUT2D eigenvalue weighted by Gasteiger charge is -2.35. The third-order valence-electron chi connectivity index (χ3n) is 3.16. The van der Waals surface area contributed by atoms with E-state index in [0.29, 0.717) is 13.1 Å². The molecule has 0 spiro atoms. The number of carbonyl (C=O) groups excluding carboxylic acids is 1. The van der Waals surface area contributed by atoms with Crippen molar-refractivity contribution in [1.82, 2.24) is 5.32 Å². The summed E-state index contributed by atoms with van der Waals surface area (Å²) in [5.74, 6) is 0.0713. The van der Waals surface area contributed by atoms with E-state index in [1.807, 2.05) is 6.07 Å². The van der Waals surface area contributed by atoms with E-state index < -0.39 is 0 Å². The highest BCUT2D eigenvalue weighted by atomic mass is 79.9. The number of rotatable bonds is 3. The molecule has 0 aliphatic carbocycles. The summed E-state index contributed by atoms with van der Waals surface area (Å²) in [5, 5.41) is 2.98. The lowest BCUT2D eigenvalue weighted by atomic mass is 10.1. The zero-order chi connectivity index (χ0) is 13.1. The number of hydrogen-bond donors (Lipinski definition) is 2. The van der Waals surface area contributed by atoms with Crippen LogP contribution in [0.3, 0.4) is 0 Å². The molecule has 1 atom stereocenters. The van der Waals surface area contributed by atoms with Gasteiger partial charge >= 0.3 is 0 Å². The van der Waals surface area contributed by atoms with Gasteiger partial charge in [-0.1, -0.05) is 15.9 Å². The summed E-state index contributed by atoms with van der Waals surface area (Å²) in [6.07, 6.45) is 0.817. The molecule has 5 heteroatoms. The smallest absolute Gasteiger partial charge is 0.239 e. The van der Waals surface area contributed by atoms with Crippen molar-refractivity contribution in [2.75, 3.05) is 24.5 Å². The van der Waals surface area contributed by atoms with E-state index in [4.69, 9.17) is 5.73 Å². The number of halogens is 1. The van der Waals surface area contributed by atoms with E-state index >= 15 is 0 Å². The predicted molar refractivity (Wildman–Crippen MR) is 76.7 cm³/mol. The lowest BCUT2D eigenvalue weighted by molar-refractivity contribution is -0.121. The van der Waals surface area contributed by atoms with Gasteiger partial charge in [-0.15, -0.1) is 0 Å². The summed E-state index contributed by atoms with van der Waals surface area (Å²) in [6.45, 7) is 3.90. The van der Waals surface area contributed by atoms with Gasteiger partial charge in [0.1, 0.15) is 0 Å². The fourth-order valence-corrected chi connectivity index (χ4v) is 2.82. The molecule has 0 saturated carbocycles. The summed E-state index contributed by atoms with van der Waals surface area (Å²) < 4.78 is 1.06. The number of benzene rings is 1. The van der Waals surface area contributed by atoms with E-state index in [0.717, 1.165) is 23.1 Å². The summed E-state index contributed by atoms with van der Waals surface area (Å²) in [7, 11) is 0. The average Bonchev–Trinajstić information content (AvgIpc) is 2.28. The average molecular weight is 312 g/mol. The molecule has 4 nitrogen and oxygen atoms in total. The topological polar surface area (TPSA) is 58.4 Å². The van der Waals surface area contributed by atoms with Crippen LogP contribution in [0, 0.1) is 6.92 Å². The standard InChI is InChI=1S/C13H18BrN3O/c1-9-6-10(14)2-3-12(9)17-7-11(4-5-15)16-13(18)8-17/h2-3,6,11H,4-5,7-8,15H2,1H3,(H,16,18). The Morgan fingerprint density at radius 2 is 2.33 bits per heavy atom. The molecule has 1 amide bonds. The number of nitrogens with zero attached hydrogens (tertiary/aromatic N) is 1. The monoisotopic (exact) mass is 311 g/mol. The first-order valence-electron chi connectivity index (χ1n) is 6.10.